The third kappa shape index (κ3) is 2.30. The van der Waals surface area contributed by atoms with E-state index in [9.17, 15) is 4.79 Å². The second-order valence-electron chi connectivity index (χ2n) is 4.93. The molecule has 0 aromatic carbocycles. The van der Waals surface area contributed by atoms with Crippen LogP contribution in [0.15, 0.2) is 6.33 Å². The molecule has 1 unspecified atom stereocenters. The number of aromatic nitrogens is 2. The Bertz CT molecular complexity index is 460. The van der Waals surface area contributed by atoms with Gasteiger partial charge in [0.2, 0.25) is 5.91 Å². The van der Waals surface area contributed by atoms with Gasteiger partial charge in [0.1, 0.15) is 12.1 Å². The highest BCUT2D eigenvalue weighted by Gasteiger charge is 2.28. The number of carbonyl (C=O) groups is 1. The lowest BCUT2D eigenvalue weighted by Crippen LogP contribution is -2.37. The van der Waals surface area contributed by atoms with E-state index >= 15 is 0 Å². The van der Waals surface area contributed by atoms with E-state index in [-0.39, 0.29) is 11.9 Å². The number of likely N-dealkylation sites (N-methyl/N-ethyl adjacent to an activating group) is 1. The molecule has 1 saturated heterocycles. The van der Waals surface area contributed by atoms with E-state index in [2.05, 4.69) is 14.9 Å². The fraction of sp³-hybridized carbons (Fsp3) is 0.615. The SMILES string of the molecule is CC(=O)N(C)C1CCN(c2ncnc(C)c2C)C1. The topological polar surface area (TPSA) is 49.3 Å². The second-order valence-corrected chi connectivity index (χ2v) is 4.93. The molecule has 0 radical (unpaired) electrons. The Balaban J connectivity index is 2.13. The summed E-state index contributed by atoms with van der Waals surface area (Å²) >= 11 is 0. The first kappa shape index (κ1) is 12.8. The summed E-state index contributed by atoms with van der Waals surface area (Å²) in [5, 5.41) is 0. The Kier molecular flexibility index (Phi) is 3.50. The summed E-state index contributed by atoms with van der Waals surface area (Å²) in [6.45, 7) is 7.46. The molecule has 98 valence electrons. The molecule has 5 nitrogen and oxygen atoms in total. The highest BCUT2D eigenvalue weighted by Crippen LogP contribution is 2.24. The molecule has 1 atom stereocenters. The molecule has 0 aliphatic carbocycles. The molecular formula is C13H20N4O. The van der Waals surface area contributed by atoms with Crippen molar-refractivity contribution in [1.29, 1.82) is 0 Å². The molecule has 1 amide bonds. The van der Waals surface area contributed by atoms with E-state index in [4.69, 9.17) is 0 Å². The predicted molar refractivity (Wildman–Crippen MR) is 70.6 cm³/mol. The monoisotopic (exact) mass is 248 g/mol. The number of amides is 1. The zero-order valence-corrected chi connectivity index (χ0v) is 11.5. The summed E-state index contributed by atoms with van der Waals surface area (Å²) in [7, 11) is 1.87. The molecule has 0 N–H and O–H groups in total. The molecule has 1 aliphatic rings. The highest BCUT2D eigenvalue weighted by molar-refractivity contribution is 5.73. The number of carbonyl (C=O) groups excluding carboxylic acids is 1. The highest BCUT2D eigenvalue weighted by atomic mass is 16.2. The maximum Gasteiger partial charge on any atom is 0.219 e. The van der Waals surface area contributed by atoms with Crippen molar-refractivity contribution < 1.29 is 4.79 Å². The number of anilines is 1. The molecule has 1 aromatic heterocycles. The Morgan fingerprint density at radius 2 is 2.17 bits per heavy atom. The standard InChI is InChI=1S/C13H20N4O/c1-9-10(2)14-8-15-13(9)17-6-5-12(7-17)16(4)11(3)18/h8,12H,5-7H2,1-4H3. The summed E-state index contributed by atoms with van der Waals surface area (Å²) in [4.78, 5) is 24.0. The first-order valence-corrected chi connectivity index (χ1v) is 6.27. The van der Waals surface area contributed by atoms with Crippen molar-refractivity contribution in [1.82, 2.24) is 14.9 Å². The third-order valence-electron chi connectivity index (χ3n) is 3.82. The van der Waals surface area contributed by atoms with E-state index in [1.165, 1.54) is 0 Å². The van der Waals surface area contributed by atoms with Gasteiger partial charge in [-0.1, -0.05) is 0 Å². The molecule has 1 fully saturated rings. The average molecular weight is 248 g/mol. The number of aryl methyl sites for hydroxylation is 1. The lowest BCUT2D eigenvalue weighted by atomic mass is 10.2. The van der Waals surface area contributed by atoms with Gasteiger partial charge in [0.15, 0.2) is 0 Å². The Morgan fingerprint density at radius 1 is 1.44 bits per heavy atom. The lowest BCUT2D eigenvalue weighted by molar-refractivity contribution is -0.129. The Labute approximate surface area is 108 Å². The molecule has 5 heteroatoms. The van der Waals surface area contributed by atoms with Crippen molar-refractivity contribution in [2.75, 3.05) is 25.0 Å². The summed E-state index contributed by atoms with van der Waals surface area (Å²) in [5.74, 6) is 1.12. The van der Waals surface area contributed by atoms with Crippen LogP contribution in [0.2, 0.25) is 0 Å². The fourth-order valence-electron chi connectivity index (χ4n) is 2.35. The van der Waals surface area contributed by atoms with Gasteiger partial charge in [-0.15, -0.1) is 0 Å². The van der Waals surface area contributed by atoms with Gasteiger partial charge in [-0.2, -0.15) is 0 Å². The van der Waals surface area contributed by atoms with Crippen molar-refractivity contribution >= 4 is 11.7 Å². The van der Waals surface area contributed by atoms with Crippen molar-refractivity contribution in [3.8, 4) is 0 Å². The van der Waals surface area contributed by atoms with Gasteiger partial charge < -0.3 is 9.80 Å². The van der Waals surface area contributed by atoms with Crippen LogP contribution in [0.1, 0.15) is 24.6 Å². The van der Waals surface area contributed by atoms with Crippen molar-refractivity contribution in [2.45, 2.75) is 33.2 Å². The van der Waals surface area contributed by atoms with Gasteiger partial charge in [0.05, 0.1) is 6.04 Å². The zero-order valence-electron chi connectivity index (χ0n) is 11.5. The molecular weight excluding hydrogens is 228 g/mol. The predicted octanol–water partition coefficient (Wildman–Crippen LogP) is 1.15. The van der Waals surface area contributed by atoms with Crippen LogP contribution in [0.4, 0.5) is 5.82 Å². The molecule has 2 heterocycles. The van der Waals surface area contributed by atoms with Crippen LogP contribution in [-0.4, -0.2) is 47.0 Å². The van der Waals surface area contributed by atoms with Crippen LogP contribution in [-0.2, 0) is 4.79 Å². The van der Waals surface area contributed by atoms with E-state index in [0.717, 1.165) is 36.6 Å². The van der Waals surface area contributed by atoms with Crippen molar-refractivity contribution in [3.05, 3.63) is 17.6 Å². The zero-order chi connectivity index (χ0) is 13.3. The summed E-state index contributed by atoms with van der Waals surface area (Å²) in [6, 6.07) is 0.289. The summed E-state index contributed by atoms with van der Waals surface area (Å²) in [6.07, 6.45) is 2.61. The Morgan fingerprint density at radius 3 is 2.83 bits per heavy atom. The van der Waals surface area contributed by atoms with Crippen LogP contribution in [0.5, 0.6) is 0 Å². The van der Waals surface area contributed by atoms with Gasteiger partial charge in [0, 0.05) is 38.3 Å². The number of nitrogens with zero attached hydrogens (tertiary/aromatic N) is 4. The molecule has 0 saturated carbocycles. The van der Waals surface area contributed by atoms with E-state index < -0.39 is 0 Å². The minimum Gasteiger partial charge on any atom is -0.354 e. The smallest absolute Gasteiger partial charge is 0.219 e. The van der Waals surface area contributed by atoms with Gasteiger partial charge in [-0.3, -0.25) is 4.79 Å². The maximum absolute atomic E-state index is 11.4. The third-order valence-corrected chi connectivity index (χ3v) is 3.82. The van der Waals surface area contributed by atoms with Crippen LogP contribution < -0.4 is 4.90 Å². The van der Waals surface area contributed by atoms with Crippen LogP contribution in [0.3, 0.4) is 0 Å². The number of hydrogen-bond donors (Lipinski definition) is 0. The quantitative estimate of drug-likeness (QED) is 0.788. The molecule has 1 aromatic rings. The number of hydrogen-bond acceptors (Lipinski definition) is 4. The van der Waals surface area contributed by atoms with Crippen LogP contribution in [0.25, 0.3) is 0 Å². The largest absolute Gasteiger partial charge is 0.354 e. The normalized spacial score (nSPS) is 19.1. The second kappa shape index (κ2) is 4.92. The van der Waals surface area contributed by atoms with Gasteiger partial charge in [-0.25, -0.2) is 9.97 Å². The molecule has 0 spiro atoms. The minimum atomic E-state index is 0.123. The van der Waals surface area contributed by atoms with Gasteiger partial charge >= 0.3 is 0 Å². The van der Waals surface area contributed by atoms with Gasteiger partial charge in [-0.05, 0) is 20.3 Å². The fourth-order valence-corrected chi connectivity index (χ4v) is 2.35. The van der Waals surface area contributed by atoms with Gasteiger partial charge in [0.25, 0.3) is 0 Å². The average Bonchev–Trinajstić information content (AvgIpc) is 2.80. The molecule has 0 bridgehead atoms. The molecule has 2 rings (SSSR count). The molecule has 18 heavy (non-hydrogen) atoms. The lowest BCUT2D eigenvalue weighted by Gasteiger charge is -2.24. The summed E-state index contributed by atoms with van der Waals surface area (Å²) in [5.41, 5.74) is 2.15. The van der Waals surface area contributed by atoms with E-state index in [0.29, 0.717) is 0 Å². The van der Waals surface area contributed by atoms with E-state index in [1.807, 2.05) is 25.8 Å². The Hall–Kier alpha value is -1.65. The van der Waals surface area contributed by atoms with Crippen molar-refractivity contribution in [2.24, 2.45) is 0 Å². The minimum absolute atomic E-state index is 0.123. The maximum atomic E-state index is 11.4. The first-order chi connectivity index (χ1) is 8.50. The van der Waals surface area contributed by atoms with Crippen LogP contribution >= 0.6 is 0 Å². The van der Waals surface area contributed by atoms with Crippen LogP contribution in [0, 0.1) is 13.8 Å². The van der Waals surface area contributed by atoms with E-state index in [1.54, 1.807) is 13.3 Å². The number of rotatable bonds is 2. The molecule has 1 aliphatic heterocycles. The van der Waals surface area contributed by atoms with Crippen molar-refractivity contribution in [3.63, 3.8) is 0 Å². The summed E-state index contributed by atoms with van der Waals surface area (Å²) < 4.78 is 0. The first-order valence-electron chi connectivity index (χ1n) is 6.27.